The number of carboxylic acids is 1. The lowest BCUT2D eigenvalue weighted by molar-refractivity contribution is -0.154. The predicted octanol–water partition coefficient (Wildman–Crippen LogP) is 2.08. The van der Waals surface area contributed by atoms with E-state index in [0.29, 0.717) is 18.8 Å². The first-order chi connectivity index (χ1) is 13.4. The van der Waals surface area contributed by atoms with Crippen molar-refractivity contribution in [3.8, 4) is 5.75 Å². The highest BCUT2D eigenvalue weighted by atomic mass is 16.5. The molecule has 3 rings (SSSR count). The third-order valence-corrected chi connectivity index (χ3v) is 5.16. The summed E-state index contributed by atoms with van der Waals surface area (Å²) in [6.45, 7) is 6.33. The van der Waals surface area contributed by atoms with Gasteiger partial charge in [-0.3, -0.25) is 14.7 Å². The number of carbonyl (C=O) groups is 2. The van der Waals surface area contributed by atoms with Crippen molar-refractivity contribution in [2.45, 2.75) is 25.5 Å². The summed E-state index contributed by atoms with van der Waals surface area (Å²) in [6, 6.07) is 12.5. The maximum Gasteiger partial charge on any atom is 0.352 e. The van der Waals surface area contributed by atoms with E-state index in [9.17, 15) is 14.7 Å². The molecule has 1 aromatic carbocycles. The first-order valence-corrected chi connectivity index (χ1v) is 9.28. The molecule has 1 aromatic heterocycles. The fourth-order valence-corrected chi connectivity index (χ4v) is 3.41. The number of hydrogen-bond donors (Lipinski definition) is 1. The van der Waals surface area contributed by atoms with Gasteiger partial charge in [0, 0.05) is 44.3 Å². The second-order valence-electron chi connectivity index (χ2n) is 7.25. The fraction of sp³-hybridized carbons (Fsp3) is 0.381. The van der Waals surface area contributed by atoms with Crippen molar-refractivity contribution in [2.75, 3.05) is 31.1 Å². The van der Waals surface area contributed by atoms with Gasteiger partial charge in [0.2, 0.25) is 5.78 Å². The van der Waals surface area contributed by atoms with Crippen LogP contribution in [0.4, 0.5) is 5.69 Å². The number of benzene rings is 1. The van der Waals surface area contributed by atoms with Gasteiger partial charge in [-0.1, -0.05) is 18.2 Å². The number of hydrogen-bond acceptors (Lipinski definition) is 6. The lowest BCUT2D eigenvalue weighted by atomic mass is 9.91. The first kappa shape index (κ1) is 19.8. The zero-order chi connectivity index (χ0) is 20.1. The van der Waals surface area contributed by atoms with E-state index < -0.39 is 23.4 Å². The molecule has 1 N–H and O–H groups in total. The molecule has 0 radical (unpaired) electrons. The van der Waals surface area contributed by atoms with Gasteiger partial charge in [-0.2, -0.15) is 0 Å². The zero-order valence-electron chi connectivity index (χ0n) is 16.1. The highest BCUT2D eigenvalue weighted by Gasteiger charge is 2.44. The highest BCUT2D eigenvalue weighted by Crippen LogP contribution is 2.24. The number of aromatic nitrogens is 1. The normalized spacial score (nSPS) is 16.4. The Morgan fingerprint density at radius 2 is 1.64 bits per heavy atom. The van der Waals surface area contributed by atoms with E-state index in [-0.39, 0.29) is 0 Å². The Bertz CT molecular complexity index is 803. The molecule has 2 aromatic rings. The van der Waals surface area contributed by atoms with E-state index in [1.807, 2.05) is 17.0 Å². The van der Waals surface area contributed by atoms with Crippen LogP contribution >= 0.6 is 0 Å². The van der Waals surface area contributed by atoms with Gasteiger partial charge in [-0.05, 0) is 38.1 Å². The van der Waals surface area contributed by atoms with Gasteiger partial charge >= 0.3 is 5.97 Å². The van der Waals surface area contributed by atoms with Crippen molar-refractivity contribution in [1.82, 2.24) is 9.88 Å². The number of anilines is 1. The van der Waals surface area contributed by atoms with Crippen LogP contribution in [0.1, 0.15) is 13.8 Å². The summed E-state index contributed by atoms with van der Waals surface area (Å²) in [5.74, 6) is -1.37. The van der Waals surface area contributed by atoms with Crippen molar-refractivity contribution in [2.24, 2.45) is 0 Å². The van der Waals surface area contributed by atoms with Gasteiger partial charge in [0.05, 0.1) is 5.54 Å². The number of pyridine rings is 1. The van der Waals surface area contributed by atoms with E-state index in [1.54, 1.807) is 56.6 Å². The Kier molecular flexibility index (Phi) is 5.94. The van der Waals surface area contributed by atoms with Gasteiger partial charge in [0.15, 0.2) is 0 Å². The Labute approximate surface area is 164 Å². The van der Waals surface area contributed by atoms with Crippen LogP contribution in [-0.4, -0.2) is 64.6 Å². The maximum absolute atomic E-state index is 13.1. The zero-order valence-corrected chi connectivity index (χ0v) is 16.1. The first-order valence-electron chi connectivity index (χ1n) is 9.28. The molecule has 1 fully saturated rings. The third-order valence-electron chi connectivity index (χ3n) is 5.16. The lowest BCUT2D eigenvalue weighted by Gasteiger charge is -2.44. The Hall–Kier alpha value is -2.93. The van der Waals surface area contributed by atoms with Crippen LogP contribution in [-0.2, 0) is 9.59 Å². The standard InChI is InChI=1S/C21H25N3O4/c1-21(2,19(25)18(20(26)27)28-17-6-4-3-5-7-17)24-14-12-23(13-15-24)16-8-10-22-11-9-16/h3-11,18H,12-15H2,1-2H3,(H,26,27). The molecular formula is C21H25N3O4. The molecule has 1 atom stereocenters. The topological polar surface area (TPSA) is 83.0 Å². The number of para-hydroxylation sites is 1. The van der Waals surface area contributed by atoms with Crippen LogP contribution in [0.25, 0.3) is 0 Å². The maximum atomic E-state index is 13.1. The van der Waals surface area contributed by atoms with Crippen LogP contribution in [0, 0.1) is 0 Å². The second-order valence-corrected chi connectivity index (χ2v) is 7.25. The summed E-state index contributed by atoms with van der Waals surface area (Å²) < 4.78 is 5.51. The summed E-state index contributed by atoms with van der Waals surface area (Å²) in [6.07, 6.45) is 1.97. The molecule has 1 unspecified atom stereocenters. The molecule has 0 saturated carbocycles. The van der Waals surface area contributed by atoms with Gasteiger partial charge in [-0.15, -0.1) is 0 Å². The molecular weight excluding hydrogens is 358 g/mol. The summed E-state index contributed by atoms with van der Waals surface area (Å²) in [7, 11) is 0. The predicted molar refractivity (Wildman–Crippen MR) is 106 cm³/mol. The van der Waals surface area contributed by atoms with Gasteiger partial charge < -0.3 is 14.7 Å². The Balaban J connectivity index is 1.68. The average Bonchev–Trinajstić information content (AvgIpc) is 2.73. The number of nitrogens with zero attached hydrogens (tertiary/aromatic N) is 3. The van der Waals surface area contributed by atoms with E-state index >= 15 is 0 Å². The van der Waals surface area contributed by atoms with Gasteiger partial charge in [0.1, 0.15) is 5.75 Å². The number of carboxylic acid groups (broad SMARTS) is 1. The Morgan fingerprint density at radius 1 is 1.04 bits per heavy atom. The number of ketones is 1. The van der Waals surface area contributed by atoms with Crippen molar-refractivity contribution < 1.29 is 19.4 Å². The molecule has 0 amide bonds. The summed E-state index contributed by atoms with van der Waals surface area (Å²) >= 11 is 0. The monoisotopic (exact) mass is 383 g/mol. The number of rotatable bonds is 7. The van der Waals surface area contributed by atoms with Gasteiger partial charge in [0.25, 0.3) is 6.10 Å². The number of piperazine rings is 1. The van der Waals surface area contributed by atoms with E-state index in [0.717, 1.165) is 18.8 Å². The largest absolute Gasteiger partial charge is 0.478 e. The number of carbonyl (C=O) groups excluding carboxylic acids is 1. The fourth-order valence-electron chi connectivity index (χ4n) is 3.41. The lowest BCUT2D eigenvalue weighted by Crippen LogP contribution is -2.61. The molecule has 1 aliphatic rings. The molecule has 148 valence electrons. The second kappa shape index (κ2) is 8.39. The van der Waals surface area contributed by atoms with E-state index in [4.69, 9.17) is 4.74 Å². The van der Waals surface area contributed by atoms with E-state index in [1.165, 1.54) is 0 Å². The van der Waals surface area contributed by atoms with Gasteiger partial charge in [-0.25, -0.2) is 4.79 Å². The average molecular weight is 383 g/mol. The molecule has 2 heterocycles. The SMILES string of the molecule is CC(C)(C(=O)C(Oc1ccccc1)C(=O)O)N1CCN(c2ccncc2)CC1. The minimum atomic E-state index is -1.55. The molecule has 0 aliphatic carbocycles. The van der Waals surface area contributed by atoms with Crippen molar-refractivity contribution in [3.05, 3.63) is 54.9 Å². The number of aliphatic carboxylic acids is 1. The molecule has 1 aliphatic heterocycles. The minimum absolute atomic E-state index is 0.363. The van der Waals surface area contributed by atoms with Crippen LogP contribution < -0.4 is 9.64 Å². The number of Topliss-reactive ketones (excluding diaryl/α,β-unsaturated/α-hetero) is 1. The highest BCUT2D eigenvalue weighted by molar-refractivity contribution is 6.06. The summed E-state index contributed by atoms with van der Waals surface area (Å²) in [5.41, 5.74) is 0.136. The van der Waals surface area contributed by atoms with Crippen molar-refractivity contribution in [3.63, 3.8) is 0 Å². The molecule has 0 spiro atoms. The van der Waals surface area contributed by atoms with Crippen LogP contribution in [0.15, 0.2) is 54.9 Å². The molecule has 28 heavy (non-hydrogen) atoms. The Morgan fingerprint density at radius 3 is 2.21 bits per heavy atom. The summed E-state index contributed by atoms with van der Waals surface area (Å²) in [5, 5.41) is 9.58. The molecule has 1 saturated heterocycles. The smallest absolute Gasteiger partial charge is 0.352 e. The van der Waals surface area contributed by atoms with E-state index in [2.05, 4.69) is 9.88 Å². The molecule has 7 heteroatoms. The quantitative estimate of drug-likeness (QED) is 0.733. The van der Waals surface area contributed by atoms with Crippen LogP contribution in [0.3, 0.4) is 0 Å². The van der Waals surface area contributed by atoms with Crippen LogP contribution in [0.5, 0.6) is 5.75 Å². The summed E-state index contributed by atoms with van der Waals surface area (Å²) in [4.78, 5) is 33.1. The minimum Gasteiger partial charge on any atom is -0.478 e. The third kappa shape index (κ3) is 4.31. The van der Waals surface area contributed by atoms with Crippen molar-refractivity contribution in [1.29, 1.82) is 0 Å². The molecule has 7 nitrogen and oxygen atoms in total. The molecule has 0 bridgehead atoms. The van der Waals surface area contributed by atoms with Crippen LogP contribution in [0.2, 0.25) is 0 Å². The number of ether oxygens (including phenoxy) is 1. The van der Waals surface area contributed by atoms with Crippen molar-refractivity contribution >= 4 is 17.4 Å².